The van der Waals surface area contributed by atoms with Gasteiger partial charge in [-0.2, -0.15) is 13.2 Å². The van der Waals surface area contributed by atoms with Crippen molar-refractivity contribution < 1.29 is 22.6 Å². The molecule has 1 aliphatic rings. The molecule has 29 heavy (non-hydrogen) atoms. The van der Waals surface area contributed by atoms with Crippen LogP contribution in [-0.2, 0) is 0 Å². The largest absolute Gasteiger partial charge is 0.497 e. The predicted molar refractivity (Wildman–Crippen MR) is 105 cm³/mol. The van der Waals surface area contributed by atoms with Crippen molar-refractivity contribution in [1.82, 2.24) is 10.3 Å². The molecule has 0 unspecified atom stereocenters. The summed E-state index contributed by atoms with van der Waals surface area (Å²) in [6, 6.07) is 11.2. The number of ether oxygens (including phenoxy) is 2. The average Bonchev–Trinajstić information content (AvgIpc) is 2.66. The van der Waals surface area contributed by atoms with Crippen LogP contribution in [0.1, 0.15) is 43.0 Å². The summed E-state index contributed by atoms with van der Waals surface area (Å²) >= 11 is 0. The Balaban J connectivity index is 1.55. The van der Waals surface area contributed by atoms with Crippen LogP contribution in [0.4, 0.5) is 13.2 Å². The van der Waals surface area contributed by atoms with E-state index in [0.29, 0.717) is 17.5 Å². The van der Waals surface area contributed by atoms with Crippen LogP contribution in [0.25, 0.3) is 0 Å². The Bertz CT molecular complexity index is 819. The van der Waals surface area contributed by atoms with Crippen molar-refractivity contribution in [2.45, 2.75) is 37.9 Å². The molecule has 0 radical (unpaired) electrons. The van der Waals surface area contributed by atoms with Gasteiger partial charge in [0, 0.05) is 11.6 Å². The first-order valence-corrected chi connectivity index (χ1v) is 9.51. The zero-order chi connectivity index (χ0) is 21.0. The summed E-state index contributed by atoms with van der Waals surface area (Å²) in [6.45, 7) is 4.84. The fourth-order valence-corrected chi connectivity index (χ4v) is 3.52. The fourth-order valence-electron chi connectivity index (χ4n) is 3.52. The maximum Gasteiger partial charge on any atom is 0.422 e. The number of halogens is 3. The van der Waals surface area contributed by atoms with Gasteiger partial charge in [-0.15, -0.1) is 0 Å². The van der Waals surface area contributed by atoms with Crippen molar-refractivity contribution in [3.05, 3.63) is 66.1 Å². The van der Waals surface area contributed by atoms with E-state index in [0.717, 1.165) is 24.3 Å². The van der Waals surface area contributed by atoms with Crippen LogP contribution in [0.15, 0.2) is 54.9 Å². The van der Waals surface area contributed by atoms with E-state index in [1.54, 1.807) is 13.2 Å². The predicted octanol–water partition coefficient (Wildman–Crippen LogP) is 5.39. The Hall–Kier alpha value is -2.70. The number of benzene rings is 1. The van der Waals surface area contributed by atoms with Crippen LogP contribution in [0.5, 0.6) is 11.5 Å². The topological polar surface area (TPSA) is 43.4 Å². The molecule has 1 aromatic heterocycles. The highest BCUT2D eigenvalue weighted by atomic mass is 19.4. The molecule has 1 fully saturated rings. The van der Waals surface area contributed by atoms with Gasteiger partial charge in [-0.25, -0.2) is 0 Å². The fraction of sp³-hybridized carbons (Fsp3) is 0.409. The lowest BCUT2D eigenvalue weighted by atomic mass is 9.68. The summed E-state index contributed by atoms with van der Waals surface area (Å²) in [5, 5.41) is 3.39. The number of nitrogens with zero attached hydrogens (tertiary/aromatic N) is 1. The maximum atomic E-state index is 12.2. The van der Waals surface area contributed by atoms with Crippen LogP contribution >= 0.6 is 0 Å². The molecular formula is C22H25F3N2O2. The third kappa shape index (κ3) is 5.43. The highest BCUT2D eigenvalue weighted by Gasteiger charge is 2.34. The molecule has 1 saturated carbocycles. The van der Waals surface area contributed by atoms with Crippen LogP contribution in [0, 0.1) is 5.92 Å². The molecule has 0 spiro atoms. The Kier molecular flexibility index (Phi) is 6.35. The molecule has 3 atom stereocenters. The Morgan fingerprint density at radius 2 is 1.86 bits per heavy atom. The summed E-state index contributed by atoms with van der Waals surface area (Å²) in [7, 11) is 1.65. The first-order valence-electron chi connectivity index (χ1n) is 9.51. The minimum Gasteiger partial charge on any atom is -0.497 e. The number of nitrogens with one attached hydrogen (secondary N) is 1. The van der Waals surface area contributed by atoms with Gasteiger partial charge in [0.25, 0.3) is 0 Å². The van der Waals surface area contributed by atoms with Gasteiger partial charge >= 0.3 is 6.18 Å². The number of alkyl halides is 3. The second kappa shape index (κ2) is 8.76. The molecule has 4 nitrogen and oxygen atoms in total. The summed E-state index contributed by atoms with van der Waals surface area (Å²) in [5.74, 6) is 1.68. The van der Waals surface area contributed by atoms with Crippen molar-refractivity contribution in [1.29, 1.82) is 0 Å². The van der Waals surface area contributed by atoms with Crippen molar-refractivity contribution in [3.8, 4) is 11.5 Å². The normalized spacial score (nSPS) is 19.8. The van der Waals surface area contributed by atoms with Gasteiger partial charge in [-0.1, -0.05) is 18.7 Å². The number of pyridine rings is 1. The van der Waals surface area contributed by atoms with Crippen molar-refractivity contribution >= 4 is 0 Å². The van der Waals surface area contributed by atoms with E-state index in [1.165, 1.54) is 17.8 Å². The zero-order valence-electron chi connectivity index (χ0n) is 16.5. The third-order valence-electron chi connectivity index (χ3n) is 5.27. The lowest BCUT2D eigenvalue weighted by molar-refractivity contribution is -0.153. The SMILES string of the molecule is C=C(N[C@H](C)c1ccc(OCC(F)(F)F)cn1)[C@H]1CC[C@@H]1c1ccc(OC)cc1. The summed E-state index contributed by atoms with van der Waals surface area (Å²) < 4.78 is 46.6. The number of hydrogen-bond acceptors (Lipinski definition) is 4. The Morgan fingerprint density at radius 1 is 1.17 bits per heavy atom. The second-order valence-corrected chi connectivity index (χ2v) is 7.28. The number of hydrogen-bond donors (Lipinski definition) is 1. The highest BCUT2D eigenvalue weighted by molar-refractivity contribution is 5.33. The molecule has 1 aromatic carbocycles. The number of rotatable bonds is 8. The van der Waals surface area contributed by atoms with E-state index >= 15 is 0 Å². The minimum absolute atomic E-state index is 0.0932. The van der Waals surface area contributed by atoms with Gasteiger partial charge < -0.3 is 14.8 Å². The number of allylic oxidation sites excluding steroid dienone is 1. The van der Waals surface area contributed by atoms with Gasteiger partial charge in [0.05, 0.1) is 25.0 Å². The summed E-state index contributed by atoms with van der Waals surface area (Å²) in [4.78, 5) is 4.22. The van der Waals surface area contributed by atoms with E-state index < -0.39 is 12.8 Å². The first-order chi connectivity index (χ1) is 13.8. The second-order valence-electron chi connectivity index (χ2n) is 7.28. The molecule has 0 saturated heterocycles. The quantitative estimate of drug-likeness (QED) is 0.638. The average molecular weight is 406 g/mol. The molecule has 7 heteroatoms. The standard InChI is InChI=1S/C22H25F3N2O2/c1-14(19-9-10-20(19)16-4-6-17(28-3)7-5-16)27-15(2)21-11-8-18(12-26-21)29-13-22(23,24)25/h4-8,11-12,15,19-20,27H,1,9-10,13H2,2-3H3/t15-,19-,20-/m1/s1. The van der Waals surface area contributed by atoms with E-state index in [1.807, 2.05) is 19.1 Å². The van der Waals surface area contributed by atoms with Gasteiger partial charge in [0.2, 0.25) is 0 Å². The minimum atomic E-state index is -4.37. The molecule has 1 aliphatic carbocycles. The van der Waals surface area contributed by atoms with E-state index in [-0.39, 0.29) is 11.8 Å². The Labute approximate surface area is 168 Å². The molecule has 0 amide bonds. The molecule has 0 aliphatic heterocycles. The van der Waals surface area contributed by atoms with Gasteiger partial charge in [0.15, 0.2) is 6.61 Å². The lowest BCUT2D eigenvalue weighted by Crippen LogP contribution is -2.32. The van der Waals surface area contributed by atoms with Crippen LogP contribution in [0.2, 0.25) is 0 Å². The molecule has 2 aromatic rings. The maximum absolute atomic E-state index is 12.2. The molecule has 1 N–H and O–H groups in total. The van der Waals surface area contributed by atoms with Gasteiger partial charge in [-0.05, 0) is 55.5 Å². The number of methoxy groups -OCH3 is 1. The van der Waals surface area contributed by atoms with Crippen molar-refractivity contribution in [3.63, 3.8) is 0 Å². The van der Waals surface area contributed by atoms with E-state index in [2.05, 4.69) is 29.0 Å². The molecule has 3 rings (SSSR count). The van der Waals surface area contributed by atoms with Crippen LogP contribution in [0.3, 0.4) is 0 Å². The van der Waals surface area contributed by atoms with Crippen molar-refractivity contribution in [2.24, 2.45) is 5.92 Å². The molecule has 1 heterocycles. The summed E-state index contributed by atoms with van der Waals surface area (Å²) in [5.41, 5.74) is 2.93. The third-order valence-corrected chi connectivity index (χ3v) is 5.27. The smallest absolute Gasteiger partial charge is 0.422 e. The summed E-state index contributed by atoms with van der Waals surface area (Å²) in [6.07, 6.45) is -0.886. The first kappa shape index (κ1) is 21.0. The Morgan fingerprint density at radius 3 is 2.38 bits per heavy atom. The molecule has 156 valence electrons. The highest BCUT2D eigenvalue weighted by Crippen LogP contribution is 2.46. The molecular weight excluding hydrogens is 381 g/mol. The van der Waals surface area contributed by atoms with E-state index in [4.69, 9.17) is 9.47 Å². The lowest BCUT2D eigenvalue weighted by Gasteiger charge is -2.39. The molecule has 0 bridgehead atoms. The monoisotopic (exact) mass is 406 g/mol. The van der Waals surface area contributed by atoms with E-state index in [9.17, 15) is 13.2 Å². The number of aromatic nitrogens is 1. The zero-order valence-corrected chi connectivity index (χ0v) is 16.5. The van der Waals surface area contributed by atoms with Crippen LogP contribution in [-0.4, -0.2) is 24.9 Å². The van der Waals surface area contributed by atoms with Gasteiger partial charge in [0.1, 0.15) is 11.5 Å². The van der Waals surface area contributed by atoms with Crippen LogP contribution < -0.4 is 14.8 Å². The van der Waals surface area contributed by atoms with Crippen molar-refractivity contribution in [2.75, 3.05) is 13.7 Å². The van der Waals surface area contributed by atoms with Gasteiger partial charge in [-0.3, -0.25) is 4.98 Å².